The molecule has 2 aromatic carbocycles. The van der Waals surface area contributed by atoms with E-state index >= 15 is 0 Å². The smallest absolute Gasteiger partial charge is 0.414 e. The maximum absolute atomic E-state index is 12.1. The number of aliphatic imine (C=N–C) groups is 1. The molecule has 7 nitrogen and oxygen atoms in total. The summed E-state index contributed by atoms with van der Waals surface area (Å²) in [5.41, 5.74) is 4.02. The van der Waals surface area contributed by atoms with Gasteiger partial charge in [0.2, 0.25) is 5.95 Å². The number of carbonyl (C=O) groups excluding carboxylic acids is 2. The van der Waals surface area contributed by atoms with Crippen LogP contribution in [0.1, 0.15) is 42.3 Å². The van der Waals surface area contributed by atoms with Crippen molar-refractivity contribution in [3.8, 4) is 0 Å². The van der Waals surface area contributed by atoms with Gasteiger partial charge in [0.1, 0.15) is 12.1 Å². The van der Waals surface area contributed by atoms with Crippen molar-refractivity contribution in [1.29, 1.82) is 0 Å². The molecule has 2 N–H and O–H groups in total. The van der Waals surface area contributed by atoms with Gasteiger partial charge in [-0.3, -0.25) is 15.1 Å². The Hall–Kier alpha value is -3.48. The Kier molecular flexibility index (Phi) is 4.22. The minimum Gasteiger partial charge on any atom is -0.444 e. The zero-order chi connectivity index (χ0) is 19.9. The molecule has 1 aliphatic rings. The molecule has 0 unspecified atom stereocenters. The molecular formula is C21H20N4O3. The summed E-state index contributed by atoms with van der Waals surface area (Å²) < 4.78 is 5.24. The van der Waals surface area contributed by atoms with Crippen LogP contribution < -0.4 is 5.32 Å². The molecule has 0 aliphatic carbocycles. The zero-order valence-corrected chi connectivity index (χ0v) is 15.9. The van der Waals surface area contributed by atoms with Gasteiger partial charge in [0, 0.05) is 16.7 Å². The van der Waals surface area contributed by atoms with Gasteiger partial charge in [-0.1, -0.05) is 30.3 Å². The number of nitrogens with zero attached hydrogens (tertiary/aromatic N) is 2. The van der Waals surface area contributed by atoms with Crippen molar-refractivity contribution in [2.45, 2.75) is 26.4 Å². The highest BCUT2D eigenvalue weighted by Gasteiger charge is 2.22. The highest BCUT2D eigenvalue weighted by atomic mass is 16.6. The molecule has 4 rings (SSSR count). The first kappa shape index (κ1) is 17.9. The number of anilines is 1. The lowest BCUT2D eigenvalue weighted by molar-refractivity contribution is 0.0634. The number of ether oxygens (including phenoxy) is 1. The standard InChI is InChI=1S/C21H20N4O3/c1-21(2,3)28-20(27)25-19-23-15-9-8-12(10-16(15)24-19)18-14-7-5-4-6-13(14)17(26)11-22-18/h4-10H,11H2,1-3H3,(H2,23,24,25,27). The van der Waals surface area contributed by atoms with Crippen LogP contribution >= 0.6 is 0 Å². The Morgan fingerprint density at radius 2 is 1.89 bits per heavy atom. The maximum atomic E-state index is 12.1. The summed E-state index contributed by atoms with van der Waals surface area (Å²) in [6.07, 6.45) is -0.573. The highest BCUT2D eigenvalue weighted by Crippen LogP contribution is 2.23. The van der Waals surface area contributed by atoms with Gasteiger partial charge in [-0.25, -0.2) is 9.78 Å². The van der Waals surface area contributed by atoms with Gasteiger partial charge in [0.05, 0.1) is 16.7 Å². The van der Waals surface area contributed by atoms with Crippen molar-refractivity contribution in [3.63, 3.8) is 0 Å². The first-order valence-electron chi connectivity index (χ1n) is 8.97. The summed E-state index contributed by atoms with van der Waals surface area (Å²) in [6.45, 7) is 5.53. The highest BCUT2D eigenvalue weighted by molar-refractivity contribution is 6.22. The predicted octanol–water partition coefficient (Wildman–Crippen LogP) is 3.94. The molecular weight excluding hydrogens is 356 g/mol. The largest absolute Gasteiger partial charge is 0.444 e. The number of aromatic nitrogens is 2. The summed E-state index contributed by atoms with van der Waals surface area (Å²) >= 11 is 0. The number of aromatic amines is 1. The van der Waals surface area contributed by atoms with E-state index in [1.165, 1.54) is 0 Å². The Balaban J connectivity index is 1.64. The number of carbonyl (C=O) groups is 2. The van der Waals surface area contributed by atoms with Crippen LogP contribution in [-0.2, 0) is 4.74 Å². The quantitative estimate of drug-likeness (QED) is 0.708. The van der Waals surface area contributed by atoms with Gasteiger partial charge in [-0.15, -0.1) is 0 Å². The van der Waals surface area contributed by atoms with E-state index in [4.69, 9.17) is 4.74 Å². The number of benzene rings is 2. The molecule has 3 aromatic rings. The average molecular weight is 376 g/mol. The molecule has 1 aliphatic heterocycles. The van der Waals surface area contributed by atoms with Gasteiger partial charge in [0.15, 0.2) is 5.78 Å². The normalized spacial score (nSPS) is 13.8. The Bertz CT molecular complexity index is 1120. The second kappa shape index (κ2) is 6.60. The lowest BCUT2D eigenvalue weighted by Crippen LogP contribution is -2.27. The fraction of sp³-hybridized carbons (Fsp3) is 0.238. The van der Waals surface area contributed by atoms with Crippen LogP contribution in [0.3, 0.4) is 0 Å². The third-order valence-electron chi connectivity index (χ3n) is 4.24. The first-order chi connectivity index (χ1) is 13.3. The van der Waals surface area contributed by atoms with E-state index in [0.29, 0.717) is 17.0 Å². The number of amides is 1. The second-order valence-electron chi connectivity index (χ2n) is 7.58. The average Bonchev–Trinajstić information content (AvgIpc) is 3.01. The zero-order valence-electron chi connectivity index (χ0n) is 15.9. The van der Waals surface area contributed by atoms with Crippen LogP contribution in [0.25, 0.3) is 11.0 Å². The van der Waals surface area contributed by atoms with Crippen LogP contribution in [0.2, 0.25) is 0 Å². The molecule has 142 valence electrons. The predicted molar refractivity (Wildman–Crippen MR) is 107 cm³/mol. The molecule has 0 fully saturated rings. The number of nitrogens with one attached hydrogen (secondary N) is 2. The van der Waals surface area contributed by atoms with E-state index in [2.05, 4.69) is 20.3 Å². The van der Waals surface area contributed by atoms with Gasteiger partial charge < -0.3 is 9.72 Å². The first-order valence-corrected chi connectivity index (χ1v) is 8.97. The fourth-order valence-electron chi connectivity index (χ4n) is 3.12. The van der Waals surface area contributed by atoms with Crippen molar-refractivity contribution in [1.82, 2.24) is 9.97 Å². The number of fused-ring (bicyclic) bond motifs is 2. The molecule has 2 heterocycles. The lowest BCUT2D eigenvalue weighted by Gasteiger charge is -2.18. The minimum atomic E-state index is -0.590. The molecule has 7 heteroatoms. The number of rotatable bonds is 2. The van der Waals surface area contributed by atoms with E-state index < -0.39 is 11.7 Å². The van der Waals surface area contributed by atoms with Crippen LogP contribution in [-0.4, -0.2) is 39.7 Å². The summed E-state index contributed by atoms with van der Waals surface area (Å²) in [7, 11) is 0. The van der Waals surface area contributed by atoms with Crippen molar-refractivity contribution >= 4 is 34.6 Å². The maximum Gasteiger partial charge on any atom is 0.414 e. The van der Waals surface area contributed by atoms with E-state index in [0.717, 1.165) is 22.4 Å². The molecule has 0 atom stereocenters. The van der Waals surface area contributed by atoms with Crippen LogP contribution in [0.15, 0.2) is 47.5 Å². The fourth-order valence-corrected chi connectivity index (χ4v) is 3.12. The van der Waals surface area contributed by atoms with Gasteiger partial charge >= 0.3 is 6.09 Å². The number of Topliss-reactive ketones (excluding diaryl/α,β-unsaturated/α-hetero) is 1. The number of hydrogen-bond acceptors (Lipinski definition) is 5. The van der Waals surface area contributed by atoms with E-state index in [1.807, 2.05) is 42.5 Å². The van der Waals surface area contributed by atoms with Crippen LogP contribution in [0.5, 0.6) is 0 Å². The molecule has 0 saturated carbocycles. The molecule has 0 radical (unpaired) electrons. The molecule has 0 spiro atoms. The number of ketones is 1. The SMILES string of the molecule is CC(C)(C)OC(=O)Nc1nc2ccc(C3=NCC(=O)c4ccccc43)cc2[nH]1. The summed E-state index contributed by atoms with van der Waals surface area (Å²) in [5, 5.41) is 2.61. The van der Waals surface area contributed by atoms with E-state index in [1.54, 1.807) is 20.8 Å². The lowest BCUT2D eigenvalue weighted by atomic mass is 9.92. The number of hydrogen-bond donors (Lipinski definition) is 2. The molecule has 28 heavy (non-hydrogen) atoms. The van der Waals surface area contributed by atoms with E-state index in [-0.39, 0.29) is 12.3 Å². The van der Waals surface area contributed by atoms with Crippen LogP contribution in [0, 0.1) is 0 Å². The van der Waals surface area contributed by atoms with Crippen molar-refractivity contribution in [3.05, 3.63) is 59.2 Å². The molecule has 1 aromatic heterocycles. The minimum absolute atomic E-state index is 0.0193. The van der Waals surface area contributed by atoms with Gasteiger partial charge in [0.25, 0.3) is 0 Å². The monoisotopic (exact) mass is 376 g/mol. The van der Waals surface area contributed by atoms with E-state index in [9.17, 15) is 9.59 Å². The summed E-state index contributed by atoms with van der Waals surface area (Å²) in [5.74, 6) is 0.327. The Morgan fingerprint density at radius 1 is 1.14 bits per heavy atom. The van der Waals surface area contributed by atoms with Gasteiger partial charge in [-0.2, -0.15) is 0 Å². The number of H-pyrrole nitrogens is 1. The van der Waals surface area contributed by atoms with Gasteiger partial charge in [-0.05, 0) is 32.9 Å². The topological polar surface area (TPSA) is 96.4 Å². The molecule has 0 saturated heterocycles. The third kappa shape index (κ3) is 3.51. The molecule has 1 amide bonds. The third-order valence-corrected chi connectivity index (χ3v) is 4.24. The summed E-state index contributed by atoms with van der Waals surface area (Å²) in [6, 6.07) is 13.1. The number of imidazole rings is 1. The van der Waals surface area contributed by atoms with Crippen molar-refractivity contribution < 1.29 is 14.3 Å². The second-order valence-corrected chi connectivity index (χ2v) is 7.58. The van der Waals surface area contributed by atoms with Crippen LogP contribution in [0.4, 0.5) is 10.7 Å². The Morgan fingerprint density at radius 3 is 2.64 bits per heavy atom. The summed E-state index contributed by atoms with van der Waals surface area (Å²) in [4.78, 5) is 36.0. The van der Waals surface area contributed by atoms with Crippen molar-refractivity contribution in [2.24, 2.45) is 4.99 Å². The molecule has 0 bridgehead atoms. The Labute approximate surface area is 161 Å². The van der Waals surface area contributed by atoms with Crippen molar-refractivity contribution in [2.75, 3.05) is 11.9 Å².